The van der Waals surface area contributed by atoms with Crippen molar-refractivity contribution in [1.82, 2.24) is 0 Å². The fourth-order valence-electron chi connectivity index (χ4n) is 2.22. The number of amides is 2. The van der Waals surface area contributed by atoms with Gasteiger partial charge >= 0.3 is 0 Å². The Labute approximate surface area is 153 Å². The van der Waals surface area contributed by atoms with E-state index in [0.717, 1.165) is 0 Å². The minimum atomic E-state index is -3.34. The summed E-state index contributed by atoms with van der Waals surface area (Å²) < 4.78 is 24.9. The molecule has 0 saturated heterocycles. The summed E-state index contributed by atoms with van der Waals surface area (Å²) in [6.45, 7) is 2.99. The third-order valence-electron chi connectivity index (χ3n) is 3.74. The van der Waals surface area contributed by atoms with Crippen molar-refractivity contribution < 1.29 is 18.0 Å². The first-order valence-corrected chi connectivity index (χ1v) is 9.59. The van der Waals surface area contributed by atoms with E-state index in [0.29, 0.717) is 22.6 Å². The summed E-state index contributed by atoms with van der Waals surface area (Å²) in [6, 6.07) is 13.0. The quantitative estimate of drug-likeness (QED) is 0.811. The van der Waals surface area contributed by atoms with E-state index < -0.39 is 10.0 Å². The van der Waals surface area contributed by atoms with E-state index in [1.807, 2.05) is 0 Å². The lowest BCUT2D eigenvalue weighted by atomic mass is 10.2. The van der Waals surface area contributed by atoms with Gasteiger partial charge in [-0.05, 0) is 55.5 Å². The van der Waals surface area contributed by atoms with Crippen molar-refractivity contribution in [3.8, 4) is 0 Å². The summed E-state index contributed by atoms with van der Waals surface area (Å²) in [7, 11) is -1.87. The van der Waals surface area contributed by atoms with Gasteiger partial charge in [-0.15, -0.1) is 0 Å². The molecule has 0 fully saturated rings. The first-order chi connectivity index (χ1) is 12.2. The summed E-state index contributed by atoms with van der Waals surface area (Å²) in [6.07, 6.45) is 0. The molecule has 0 aromatic heterocycles. The lowest BCUT2D eigenvalue weighted by Gasteiger charge is -2.18. The number of carbonyl (C=O) groups excluding carboxylic acids is 2. The number of sulfonamides is 1. The van der Waals surface area contributed by atoms with Gasteiger partial charge in [0.25, 0.3) is 5.91 Å². The fourth-order valence-corrected chi connectivity index (χ4v) is 3.05. The molecule has 0 atom stereocenters. The summed E-state index contributed by atoms with van der Waals surface area (Å²) in [5.74, 6) is -0.484. The number of nitrogens with one attached hydrogen (secondary N) is 2. The Kier molecular flexibility index (Phi) is 5.99. The highest BCUT2D eigenvalue weighted by molar-refractivity contribution is 7.92. The molecule has 0 aliphatic rings. The van der Waals surface area contributed by atoms with Crippen molar-refractivity contribution in [1.29, 1.82) is 0 Å². The topological polar surface area (TPSA) is 95.6 Å². The molecule has 2 N–H and O–H groups in total. The number of carbonyl (C=O) groups is 2. The molecule has 2 aromatic rings. The van der Waals surface area contributed by atoms with Crippen LogP contribution in [0.4, 0.5) is 17.1 Å². The van der Waals surface area contributed by atoms with Crippen LogP contribution >= 0.6 is 0 Å². The van der Waals surface area contributed by atoms with E-state index in [4.69, 9.17) is 0 Å². The second-order valence-corrected chi connectivity index (χ2v) is 7.92. The maximum absolute atomic E-state index is 12.3. The molecule has 0 saturated carbocycles. The van der Waals surface area contributed by atoms with Gasteiger partial charge in [0.15, 0.2) is 0 Å². The predicted molar refractivity (Wildman–Crippen MR) is 103 cm³/mol. The van der Waals surface area contributed by atoms with Gasteiger partial charge in [0.2, 0.25) is 15.9 Å². The van der Waals surface area contributed by atoms with Crippen LogP contribution in [-0.4, -0.2) is 33.0 Å². The Hall–Kier alpha value is -2.87. The highest BCUT2D eigenvalue weighted by atomic mass is 32.2. The van der Waals surface area contributed by atoms with Crippen LogP contribution in [0.15, 0.2) is 48.5 Å². The number of nitrogens with zero attached hydrogens (tertiary/aromatic N) is 1. The Morgan fingerprint density at radius 3 is 1.88 bits per heavy atom. The SMILES string of the molecule is CCS(=O)(=O)N(C)c1ccc(C(=O)Nc2ccc(NC(C)=O)cc2)cc1. The predicted octanol–water partition coefficient (Wildman–Crippen LogP) is 2.68. The van der Waals surface area contributed by atoms with Crippen molar-refractivity contribution in [2.45, 2.75) is 13.8 Å². The first-order valence-electron chi connectivity index (χ1n) is 7.98. The molecule has 2 amide bonds. The molecule has 2 rings (SSSR count). The van der Waals surface area contributed by atoms with Crippen LogP contribution in [0.25, 0.3) is 0 Å². The van der Waals surface area contributed by atoms with Crippen molar-refractivity contribution in [3.05, 3.63) is 54.1 Å². The molecule has 7 nitrogen and oxygen atoms in total. The van der Waals surface area contributed by atoms with Gasteiger partial charge in [0, 0.05) is 30.9 Å². The molecule has 138 valence electrons. The van der Waals surface area contributed by atoms with Gasteiger partial charge in [0.05, 0.1) is 11.4 Å². The molecule has 0 spiro atoms. The van der Waals surface area contributed by atoms with E-state index in [-0.39, 0.29) is 17.6 Å². The van der Waals surface area contributed by atoms with Crippen LogP contribution < -0.4 is 14.9 Å². The number of benzene rings is 2. The number of hydrogen-bond acceptors (Lipinski definition) is 4. The zero-order chi connectivity index (χ0) is 19.3. The van der Waals surface area contributed by atoms with Gasteiger partial charge in [-0.3, -0.25) is 13.9 Å². The van der Waals surface area contributed by atoms with Crippen LogP contribution in [0.3, 0.4) is 0 Å². The van der Waals surface area contributed by atoms with E-state index in [1.54, 1.807) is 55.5 Å². The van der Waals surface area contributed by atoms with Gasteiger partial charge in [0.1, 0.15) is 0 Å². The maximum atomic E-state index is 12.3. The molecular formula is C18H21N3O4S. The number of anilines is 3. The van der Waals surface area contributed by atoms with E-state index in [1.165, 1.54) is 18.3 Å². The highest BCUT2D eigenvalue weighted by Gasteiger charge is 2.16. The van der Waals surface area contributed by atoms with Crippen LogP contribution in [0.2, 0.25) is 0 Å². The second-order valence-electron chi connectivity index (χ2n) is 5.63. The molecule has 26 heavy (non-hydrogen) atoms. The zero-order valence-electron chi connectivity index (χ0n) is 14.8. The standard InChI is InChI=1S/C18H21N3O4S/c1-4-26(24,25)21(3)17-11-5-14(6-12-17)18(23)20-16-9-7-15(8-10-16)19-13(2)22/h5-12H,4H2,1-3H3,(H,19,22)(H,20,23). The minimum absolute atomic E-state index is 0.000217. The molecule has 0 aliphatic heterocycles. The number of rotatable bonds is 6. The van der Waals surface area contributed by atoms with Crippen LogP contribution in [-0.2, 0) is 14.8 Å². The monoisotopic (exact) mass is 375 g/mol. The Morgan fingerprint density at radius 2 is 1.42 bits per heavy atom. The third kappa shape index (κ3) is 4.82. The molecule has 0 bridgehead atoms. The molecule has 8 heteroatoms. The molecule has 2 aromatic carbocycles. The van der Waals surface area contributed by atoms with Crippen molar-refractivity contribution in [3.63, 3.8) is 0 Å². The Balaban J connectivity index is 2.07. The van der Waals surface area contributed by atoms with Gasteiger partial charge in [-0.25, -0.2) is 8.42 Å². The molecule has 0 heterocycles. The van der Waals surface area contributed by atoms with Crippen molar-refractivity contribution in [2.24, 2.45) is 0 Å². The average molecular weight is 375 g/mol. The minimum Gasteiger partial charge on any atom is -0.326 e. The Morgan fingerprint density at radius 1 is 0.923 bits per heavy atom. The Bertz CT molecular complexity index is 891. The molecule has 0 radical (unpaired) electrons. The average Bonchev–Trinajstić information content (AvgIpc) is 2.62. The third-order valence-corrected chi connectivity index (χ3v) is 5.51. The summed E-state index contributed by atoms with van der Waals surface area (Å²) >= 11 is 0. The first kappa shape index (κ1) is 19.5. The van der Waals surface area contributed by atoms with E-state index in [9.17, 15) is 18.0 Å². The molecular weight excluding hydrogens is 354 g/mol. The fraction of sp³-hybridized carbons (Fsp3) is 0.222. The van der Waals surface area contributed by atoms with E-state index in [2.05, 4.69) is 10.6 Å². The highest BCUT2D eigenvalue weighted by Crippen LogP contribution is 2.19. The normalized spacial score (nSPS) is 10.9. The second kappa shape index (κ2) is 8.01. The summed E-state index contributed by atoms with van der Waals surface area (Å²) in [4.78, 5) is 23.3. The van der Waals surface area contributed by atoms with Crippen LogP contribution in [0, 0.1) is 0 Å². The lowest BCUT2D eigenvalue weighted by Crippen LogP contribution is -2.28. The molecule has 0 unspecified atom stereocenters. The molecule has 0 aliphatic carbocycles. The largest absolute Gasteiger partial charge is 0.326 e. The zero-order valence-corrected chi connectivity index (χ0v) is 15.6. The lowest BCUT2D eigenvalue weighted by molar-refractivity contribution is -0.114. The van der Waals surface area contributed by atoms with Crippen molar-refractivity contribution >= 4 is 38.9 Å². The van der Waals surface area contributed by atoms with Crippen LogP contribution in [0.5, 0.6) is 0 Å². The van der Waals surface area contributed by atoms with Gasteiger partial charge < -0.3 is 10.6 Å². The van der Waals surface area contributed by atoms with Gasteiger partial charge in [-0.1, -0.05) is 0 Å². The summed E-state index contributed by atoms with van der Waals surface area (Å²) in [5.41, 5.74) is 2.11. The van der Waals surface area contributed by atoms with Crippen molar-refractivity contribution in [2.75, 3.05) is 27.7 Å². The maximum Gasteiger partial charge on any atom is 0.255 e. The smallest absolute Gasteiger partial charge is 0.255 e. The number of hydrogen-bond donors (Lipinski definition) is 2. The van der Waals surface area contributed by atoms with Crippen LogP contribution in [0.1, 0.15) is 24.2 Å². The van der Waals surface area contributed by atoms with E-state index >= 15 is 0 Å². The summed E-state index contributed by atoms with van der Waals surface area (Å²) in [5, 5.41) is 5.39. The van der Waals surface area contributed by atoms with Gasteiger partial charge in [-0.2, -0.15) is 0 Å².